The molecule has 3 N–H and O–H groups in total. The fourth-order valence-electron chi connectivity index (χ4n) is 7.78. The number of rotatable bonds is 17. The third-order valence-electron chi connectivity index (χ3n) is 11.8. The lowest BCUT2D eigenvalue weighted by atomic mass is 9.95. The first kappa shape index (κ1) is 51.9. The number of pyridine rings is 1. The minimum atomic E-state index is -0.849. The number of ether oxygens (including phenoxy) is 3. The molecular weight excluding hydrogens is 917 g/mol. The standard InChI is InChI=1S/C47H57F2N11O10/c1-47(2)27-69-12-11-59(47)46(67)44-35-26-70-37-18-36(68-8)33(17-34(37)45(35)60(53-44)32-15-29(48)14-30(49)16-32)28-13-31(20-51-19-28)52-38(61)21-54(3)40(63)23-56(5)42(65)25-58(7)43(66)24-57(6)41(64)22-55(4)39(62)9-10-50/h13-20H,9-12,21-27,50H2,1-8H3,(H,52,61). The lowest BCUT2D eigenvalue weighted by Gasteiger charge is -2.41. The van der Waals surface area contributed by atoms with Crippen LogP contribution in [0.1, 0.15) is 36.3 Å². The van der Waals surface area contributed by atoms with Crippen LogP contribution in [0, 0.1) is 11.6 Å². The Morgan fingerprint density at radius 2 is 1.34 bits per heavy atom. The largest absolute Gasteiger partial charge is 0.496 e. The summed E-state index contributed by atoms with van der Waals surface area (Å²) in [6.45, 7) is 2.84. The molecule has 2 aromatic carbocycles. The summed E-state index contributed by atoms with van der Waals surface area (Å²) in [4.78, 5) is 103. The first-order valence-electron chi connectivity index (χ1n) is 22.1. The summed E-state index contributed by atoms with van der Waals surface area (Å²) >= 11 is 0. The Hall–Kier alpha value is -7.53. The number of morpholine rings is 1. The second kappa shape index (κ2) is 21.8. The van der Waals surface area contributed by atoms with E-state index in [4.69, 9.17) is 19.9 Å². The van der Waals surface area contributed by atoms with Gasteiger partial charge < -0.3 is 54.7 Å². The molecule has 4 heterocycles. The van der Waals surface area contributed by atoms with Gasteiger partial charge in [0.1, 0.15) is 29.7 Å². The van der Waals surface area contributed by atoms with Gasteiger partial charge in [-0.05, 0) is 38.1 Å². The lowest BCUT2D eigenvalue weighted by Crippen LogP contribution is -2.55. The van der Waals surface area contributed by atoms with E-state index in [1.54, 1.807) is 23.1 Å². The number of nitrogens with one attached hydrogen (secondary N) is 1. The molecule has 0 unspecified atom stereocenters. The number of fused-ring (bicyclic) bond motifs is 3. The van der Waals surface area contributed by atoms with Crippen LogP contribution in [-0.2, 0) is 40.1 Å². The topological polar surface area (TPSA) is 235 Å². The number of aromatic nitrogens is 3. The van der Waals surface area contributed by atoms with Crippen molar-refractivity contribution in [2.75, 3.05) is 107 Å². The molecule has 0 spiro atoms. The molecule has 2 aromatic heterocycles. The first-order valence-corrected chi connectivity index (χ1v) is 22.1. The van der Waals surface area contributed by atoms with E-state index >= 15 is 0 Å². The van der Waals surface area contributed by atoms with Crippen LogP contribution in [0.3, 0.4) is 0 Å². The summed E-state index contributed by atoms with van der Waals surface area (Å²) in [6.07, 6.45) is 3.00. The van der Waals surface area contributed by atoms with Gasteiger partial charge in [0.15, 0.2) is 5.69 Å². The van der Waals surface area contributed by atoms with Crippen molar-refractivity contribution in [1.29, 1.82) is 0 Å². The second-order valence-corrected chi connectivity index (χ2v) is 17.7. The summed E-state index contributed by atoms with van der Waals surface area (Å²) in [5.74, 6) is -4.53. The van der Waals surface area contributed by atoms with Gasteiger partial charge in [-0.3, -0.25) is 38.5 Å². The Morgan fingerprint density at radius 3 is 1.90 bits per heavy atom. The average Bonchev–Trinajstić information content (AvgIpc) is 3.70. The molecule has 0 atom stereocenters. The Kier molecular flexibility index (Phi) is 16.2. The third kappa shape index (κ3) is 11.8. The smallest absolute Gasteiger partial charge is 0.275 e. The summed E-state index contributed by atoms with van der Waals surface area (Å²) in [7, 11) is 8.43. The predicted octanol–water partition coefficient (Wildman–Crippen LogP) is 1.61. The summed E-state index contributed by atoms with van der Waals surface area (Å²) < 4.78 is 48.4. The normalized spacial score (nSPS) is 13.5. The van der Waals surface area contributed by atoms with Crippen LogP contribution in [0.15, 0.2) is 48.8 Å². The van der Waals surface area contributed by atoms with Crippen molar-refractivity contribution in [1.82, 2.24) is 44.2 Å². The molecule has 1 saturated heterocycles. The van der Waals surface area contributed by atoms with Gasteiger partial charge in [-0.25, -0.2) is 13.5 Å². The van der Waals surface area contributed by atoms with Gasteiger partial charge in [-0.1, -0.05) is 0 Å². The van der Waals surface area contributed by atoms with E-state index in [9.17, 15) is 42.3 Å². The van der Waals surface area contributed by atoms with Gasteiger partial charge in [0.2, 0.25) is 35.4 Å². The molecule has 0 aliphatic carbocycles. The lowest BCUT2D eigenvalue weighted by molar-refractivity contribution is -0.145. The number of hydrogen-bond acceptors (Lipinski definition) is 13. The van der Waals surface area contributed by atoms with E-state index in [0.717, 1.165) is 37.8 Å². The minimum Gasteiger partial charge on any atom is -0.496 e. The molecule has 0 bridgehead atoms. The second-order valence-electron chi connectivity index (χ2n) is 17.7. The maximum atomic E-state index is 14.7. The molecule has 374 valence electrons. The molecule has 23 heteroatoms. The zero-order valence-corrected chi connectivity index (χ0v) is 40.3. The third-order valence-corrected chi connectivity index (χ3v) is 11.8. The summed E-state index contributed by atoms with van der Waals surface area (Å²) in [6, 6.07) is 7.92. The van der Waals surface area contributed by atoms with E-state index < -0.39 is 72.3 Å². The number of nitrogens with zero attached hydrogens (tertiary/aromatic N) is 9. The van der Waals surface area contributed by atoms with Gasteiger partial charge >= 0.3 is 0 Å². The maximum Gasteiger partial charge on any atom is 0.275 e. The Morgan fingerprint density at radius 1 is 0.771 bits per heavy atom. The molecule has 0 saturated carbocycles. The molecule has 0 radical (unpaired) electrons. The predicted molar refractivity (Wildman–Crippen MR) is 249 cm³/mol. The zero-order valence-electron chi connectivity index (χ0n) is 40.3. The Labute approximate surface area is 403 Å². The minimum absolute atomic E-state index is 0.0292. The molecule has 21 nitrogen and oxygen atoms in total. The number of carbonyl (C=O) groups excluding carboxylic acids is 7. The van der Waals surface area contributed by atoms with E-state index in [-0.39, 0.29) is 55.6 Å². The van der Waals surface area contributed by atoms with Crippen molar-refractivity contribution >= 4 is 47.0 Å². The van der Waals surface area contributed by atoms with Crippen LogP contribution >= 0.6 is 0 Å². The molecule has 7 amide bonds. The van der Waals surface area contributed by atoms with Crippen molar-refractivity contribution in [2.45, 2.75) is 32.4 Å². The summed E-state index contributed by atoms with van der Waals surface area (Å²) in [5, 5.41) is 7.41. The number of anilines is 1. The molecule has 1 fully saturated rings. The highest BCUT2D eigenvalue weighted by atomic mass is 19.1. The van der Waals surface area contributed by atoms with E-state index in [0.29, 0.717) is 59.2 Å². The number of methoxy groups -OCH3 is 1. The molecule has 70 heavy (non-hydrogen) atoms. The highest BCUT2D eigenvalue weighted by molar-refractivity contribution is 5.98. The van der Waals surface area contributed by atoms with Crippen molar-refractivity contribution in [3.8, 4) is 39.6 Å². The number of likely N-dealkylation sites (N-methyl/N-ethyl adjacent to an activating group) is 5. The van der Waals surface area contributed by atoms with Crippen LogP contribution in [0.2, 0.25) is 0 Å². The van der Waals surface area contributed by atoms with Crippen LogP contribution < -0.4 is 20.5 Å². The van der Waals surface area contributed by atoms with Crippen LogP contribution in [0.25, 0.3) is 28.1 Å². The maximum absolute atomic E-state index is 14.7. The SMILES string of the molecule is COc1cc2c(cc1-c1cncc(NC(=O)CN(C)C(=O)CN(C)C(=O)CN(C)C(=O)CN(C)C(=O)CN(C)C(=O)CCN)c1)-c1c(c(C(=O)N3CCOCC3(C)C)nn1-c1cc(F)cc(F)c1)CO2. The van der Waals surface area contributed by atoms with E-state index in [1.807, 2.05) is 13.8 Å². The van der Waals surface area contributed by atoms with E-state index in [1.165, 1.54) is 64.3 Å². The summed E-state index contributed by atoms with van der Waals surface area (Å²) in [5.41, 5.74) is 7.15. The van der Waals surface area contributed by atoms with Crippen LogP contribution in [0.4, 0.5) is 14.5 Å². The monoisotopic (exact) mass is 973 g/mol. The quantitative estimate of drug-likeness (QED) is 0.153. The van der Waals surface area contributed by atoms with E-state index in [2.05, 4.69) is 15.4 Å². The molecule has 4 aromatic rings. The number of amides is 7. The molecular formula is C47H57F2N11O10. The fraction of sp³-hybridized carbons (Fsp3) is 0.426. The molecule has 2 aliphatic heterocycles. The highest BCUT2D eigenvalue weighted by Crippen LogP contribution is 2.46. The van der Waals surface area contributed by atoms with Gasteiger partial charge in [0.25, 0.3) is 5.91 Å². The van der Waals surface area contributed by atoms with Gasteiger partial charge in [0, 0.05) is 95.3 Å². The number of hydrogen-bond donors (Lipinski definition) is 2. The molecule has 6 rings (SSSR count). The number of benzene rings is 2. The Balaban J connectivity index is 1.14. The number of carbonyl (C=O) groups is 7. The van der Waals surface area contributed by atoms with Crippen molar-refractivity contribution in [3.05, 3.63) is 71.7 Å². The Bertz CT molecular complexity index is 2680. The number of halogens is 2. The van der Waals surface area contributed by atoms with Crippen LogP contribution in [-0.4, -0.2) is 192 Å². The van der Waals surface area contributed by atoms with Crippen LogP contribution in [0.5, 0.6) is 11.5 Å². The zero-order chi connectivity index (χ0) is 51.2. The van der Waals surface area contributed by atoms with Gasteiger partial charge in [-0.15, -0.1) is 0 Å². The fourth-order valence-corrected chi connectivity index (χ4v) is 7.78. The van der Waals surface area contributed by atoms with Crippen molar-refractivity contribution in [3.63, 3.8) is 0 Å². The van der Waals surface area contributed by atoms with Crippen molar-refractivity contribution in [2.24, 2.45) is 5.73 Å². The number of nitrogens with two attached hydrogens (primary N) is 1. The highest BCUT2D eigenvalue weighted by Gasteiger charge is 2.39. The van der Waals surface area contributed by atoms with Gasteiger partial charge in [0.05, 0.1) is 81.9 Å². The first-order chi connectivity index (χ1) is 33.1. The van der Waals surface area contributed by atoms with Gasteiger partial charge in [-0.2, -0.15) is 5.10 Å². The van der Waals surface area contributed by atoms with Crippen molar-refractivity contribution < 1.29 is 56.6 Å². The average molecular weight is 974 g/mol. The molecule has 2 aliphatic rings.